The van der Waals surface area contributed by atoms with Gasteiger partial charge in [0.25, 0.3) is 0 Å². The second-order valence-corrected chi connectivity index (χ2v) is 6.00. The lowest BCUT2D eigenvalue weighted by molar-refractivity contribution is -0.122. The number of hydrogen-bond donors (Lipinski definition) is 0. The first kappa shape index (κ1) is 12.9. The Bertz CT molecular complexity index is 415. The van der Waals surface area contributed by atoms with E-state index in [4.69, 9.17) is 10.00 Å². The molecule has 0 spiro atoms. The zero-order valence-electron chi connectivity index (χ0n) is 11.0. The predicted octanol–water partition coefficient (Wildman–Crippen LogP) is 1.72. The monoisotopic (exact) mass is 250 g/mol. The number of amides is 1. The molecule has 2 aliphatic rings. The van der Waals surface area contributed by atoms with E-state index in [1.807, 2.05) is 6.07 Å². The van der Waals surface area contributed by atoms with Gasteiger partial charge in [-0.1, -0.05) is 0 Å². The molecule has 2 rings (SSSR count). The maximum atomic E-state index is 12.1. The molecular formula is C13H18N2O3. The van der Waals surface area contributed by atoms with E-state index in [1.165, 1.54) is 4.90 Å². The van der Waals surface area contributed by atoms with Crippen molar-refractivity contribution in [3.63, 3.8) is 0 Å². The summed E-state index contributed by atoms with van der Waals surface area (Å²) in [6, 6.07) is 1.53. The minimum atomic E-state index is -0.692. The number of ether oxygens (including phenoxy) is 1. The van der Waals surface area contributed by atoms with Gasteiger partial charge >= 0.3 is 6.09 Å². The minimum absolute atomic E-state index is 0.120. The minimum Gasteiger partial charge on any atom is -0.444 e. The van der Waals surface area contributed by atoms with Gasteiger partial charge in [0.1, 0.15) is 11.5 Å². The van der Waals surface area contributed by atoms with Gasteiger partial charge in [-0.3, -0.25) is 9.69 Å². The molecule has 5 heteroatoms. The molecule has 1 saturated heterocycles. The lowest BCUT2D eigenvalue weighted by atomic mass is 10.0. The van der Waals surface area contributed by atoms with Gasteiger partial charge in [0, 0.05) is 6.54 Å². The van der Waals surface area contributed by atoms with E-state index in [0.29, 0.717) is 0 Å². The smallest absolute Gasteiger partial charge is 0.410 e. The number of hydrogen-bond acceptors (Lipinski definition) is 4. The van der Waals surface area contributed by atoms with Crippen LogP contribution in [0.15, 0.2) is 0 Å². The Morgan fingerprint density at radius 3 is 2.50 bits per heavy atom. The van der Waals surface area contributed by atoms with E-state index in [2.05, 4.69) is 0 Å². The molecule has 0 aromatic heterocycles. The van der Waals surface area contributed by atoms with Crippen molar-refractivity contribution in [1.82, 2.24) is 4.90 Å². The zero-order valence-corrected chi connectivity index (χ0v) is 11.0. The first-order valence-corrected chi connectivity index (χ1v) is 6.26. The molecule has 0 radical (unpaired) electrons. The van der Waals surface area contributed by atoms with Crippen LogP contribution in [0.3, 0.4) is 0 Å². The maximum Gasteiger partial charge on any atom is 0.410 e. The number of nitriles is 1. The van der Waals surface area contributed by atoms with E-state index in [1.54, 1.807) is 20.8 Å². The quantitative estimate of drug-likeness (QED) is 0.710. The highest BCUT2D eigenvalue weighted by Crippen LogP contribution is 2.40. The standard InChI is InChI=1S/C13H18N2O3/c1-13(2,3)18-12(17)15-7-9(6-14)11(16)10(15)8-4-5-8/h8-10H,4-5,7H2,1-3H3. The average molecular weight is 250 g/mol. The predicted molar refractivity (Wildman–Crippen MR) is 63.6 cm³/mol. The van der Waals surface area contributed by atoms with Crippen LogP contribution < -0.4 is 0 Å². The molecule has 0 aromatic rings. The lowest BCUT2D eigenvalue weighted by Crippen LogP contribution is -2.42. The van der Waals surface area contributed by atoms with Crippen molar-refractivity contribution < 1.29 is 14.3 Å². The molecule has 1 aliphatic carbocycles. The Kier molecular flexibility index (Phi) is 3.05. The number of likely N-dealkylation sites (tertiary alicyclic amines) is 1. The fourth-order valence-corrected chi connectivity index (χ4v) is 2.27. The Balaban J connectivity index is 2.13. The van der Waals surface area contributed by atoms with E-state index in [-0.39, 0.29) is 18.2 Å². The summed E-state index contributed by atoms with van der Waals surface area (Å²) in [5, 5.41) is 8.94. The van der Waals surface area contributed by atoms with Gasteiger partial charge in [-0.05, 0) is 39.5 Å². The Labute approximate surface area is 107 Å². The third-order valence-electron chi connectivity index (χ3n) is 3.20. The first-order valence-electron chi connectivity index (χ1n) is 6.26. The molecular weight excluding hydrogens is 232 g/mol. The average Bonchev–Trinajstić information content (AvgIpc) is 3.00. The zero-order chi connectivity index (χ0) is 13.5. The second-order valence-electron chi connectivity index (χ2n) is 6.00. The fraction of sp³-hybridized carbons (Fsp3) is 0.769. The summed E-state index contributed by atoms with van der Waals surface area (Å²) in [4.78, 5) is 25.5. The summed E-state index contributed by atoms with van der Waals surface area (Å²) in [6.45, 7) is 5.54. The molecule has 98 valence electrons. The molecule has 2 fully saturated rings. The first-order chi connectivity index (χ1) is 8.33. The van der Waals surface area contributed by atoms with Gasteiger partial charge in [-0.15, -0.1) is 0 Å². The normalized spacial score (nSPS) is 28.1. The summed E-state index contributed by atoms with van der Waals surface area (Å²) >= 11 is 0. The summed E-state index contributed by atoms with van der Waals surface area (Å²) in [6.07, 6.45) is 1.42. The number of carbonyl (C=O) groups is 2. The van der Waals surface area contributed by atoms with E-state index >= 15 is 0 Å². The van der Waals surface area contributed by atoms with Crippen LogP contribution in [0.5, 0.6) is 0 Å². The molecule has 1 aliphatic heterocycles. The third kappa shape index (κ3) is 2.47. The second kappa shape index (κ2) is 4.27. The molecule has 5 nitrogen and oxygen atoms in total. The molecule has 0 N–H and O–H groups in total. The highest BCUT2D eigenvalue weighted by molar-refractivity contribution is 5.94. The van der Waals surface area contributed by atoms with E-state index in [0.717, 1.165) is 12.8 Å². The Morgan fingerprint density at radius 2 is 2.06 bits per heavy atom. The van der Waals surface area contributed by atoms with Crippen LogP contribution in [0.2, 0.25) is 0 Å². The number of Topliss-reactive ketones (excluding diaryl/α,β-unsaturated/α-hetero) is 1. The van der Waals surface area contributed by atoms with Gasteiger partial charge in [0.05, 0.1) is 12.1 Å². The summed E-state index contributed by atoms with van der Waals surface area (Å²) in [5.74, 6) is -0.586. The molecule has 1 amide bonds. The van der Waals surface area contributed by atoms with Gasteiger partial charge in [-0.2, -0.15) is 5.26 Å². The largest absolute Gasteiger partial charge is 0.444 e. The van der Waals surface area contributed by atoms with Gasteiger partial charge < -0.3 is 4.74 Å². The summed E-state index contributed by atoms with van der Waals surface area (Å²) in [7, 11) is 0. The molecule has 1 saturated carbocycles. The highest BCUT2D eigenvalue weighted by atomic mass is 16.6. The van der Waals surface area contributed by atoms with Crippen molar-refractivity contribution in [1.29, 1.82) is 5.26 Å². The van der Waals surface area contributed by atoms with Crippen molar-refractivity contribution in [2.24, 2.45) is 11.8 Å². The van der Waals surface area contributed by atoms with Crippen LogP contribution in [-0.2, 0) is 9.53 Å². The molecule has 18 heavy (non-hydrogen) atoms. The van der Waals surface area contributed by atoms with Crippen LogP contribution in [0.1, 0.15) is 33.6 Å². The van der Waals surface area contributed by atoms with Crippen LogP contribution in [0.4, 0.5) is 4.79 Å². The fourth-order valence-electron chi connectivity index (χ4n) is 2.27. The SMILES string of the molecule is CC(C)(C)OC(=O)N1CC(C#N)C(=O)C1C1CC1. The topological polar surface area (TPSA) is 70.4 Å². The Hall–Kier alpha value is -1.57. The number of ketones is 1. The number of rotatable bonds is 1. The van der Waals surface area contributed by atoms with E-state index in [9.17, 15) is 9.59 Å². The van der Waals surface area contributed by atoms with E-state index < -0.39 is 23.7 Å². The molecule has 0 aromatic carbocycles. The molecule has 1 heterocycles. The van der Waals surface area contributed by atoms with Crippen LogP contribution in [-0.4, -0.2) is 35.0 Å². The van der Waals surface area contributed by atoms with Crippen molar-refractivity contribution >= 4 is 11.9 Å². The van der Waals surface area contributed by atoms with Crippen LogP contribution in [0, 0.1) is 23.2 Å². The van der Waals surface area contributed by atoms with Crippen molar-refractivity contribution in [2.75, 3.05) is 6.54 Å². The van der Waals surface area contributed by atoms with Gasteiger partial charge in [-0.25, -0.2) is 4.79 Å². The maximum absolute atomic E-state index is 12.1. The molecule has 2 atom stereocenters. The Morgan fingerprint density at radius 1 is 1.44 bits per heavy atom. The summed E-state index contributed by atoms with van der Waals surface area (Å²) < 4.78 is 5.30. The third-order valence-corrected chi connectivity index (χ3v) is 3.20. The lowest BCUT2D eigenvalue weighted by Gasteiger charge is -2.27. The van der Waals surface area contributed by atoms with Crippen molar-refractivity contribution in [3.8, 4) is 6.07 Å². The number of nitrogens with zero attached hydrogens (tertiary/aromatic N) is 2. The van der Waals surface area contributed by atoms with Gasteiger partial charge in [0.15, 0.2) is 5.78 Å². The summed E-state index contributed by atoms with van der Waals surface area (Å²) in [5.41, 5.74) is -0.584. The number of carbonyl (C=O) groups excluding carboxylic acids is 2. The highest BCUT2D eigenvalue weighted by Gasteiger charge is 2.51. The van der Waals surface area contributed by atoms with Crippen molar-refractivity contribution in [2.45, 2.75) is 45.3 Å². The molecule has 2 unspecified atom stereocenters. The van der Waals surface area contributed by atoms with Crippen LogP contribution >= 0.6 is 0 Å². The van der Waals surface area contributed by atoms with Gasteiger partial charge in [0.2, 0.25) is 0 Å². The van der Waals surface area contributed by atoms with Crippen molar-refractivity contribution in [3.05, 3.63) is 0 Å². The molecule has 0 bridgehead atoms. The van der Waals surface area contributed by atoms with Crippen LogP contribution in [0.25, 0.3) is 0 Å².